The lowest BCUT2D eigenvalue weighted by Gasteiger charge is -2.13. The first kappa shape index (κ1) is 11.3. The Kier molecular flexibility index (Phi) is 3.91. The highest BCUT2D eigenvalue weighted by molar-refractivity contribution is 9.11. The number of nitrogens with zero attached hydrogens (tertiary/aromatic N) is 1. The van der Waals surface area contributed by atoms with Crippen LogP contribution in [0.15, 0.2) is 26.9 Å². The maximum atomic E-state index is 4.09. The first-order chi connectivity index (χ1) is 7.29. The number of hydrogen-bond donors (Lipinski definition) is 1. The predicted octanol–water partition coefficient (Wildman–Crippen LogP) is 3.47. The zero-order chi connectivity index (χ0) is 10.7. The van der Waals surface area contributed by atoms with Crippen molar-refractivity contribution in [3.8, 4) is 0 Å². The van der Waals surface area contributed by atoms with Crippen molar-refractivity contribution in [2.75, 3.05) is 7.05 Å². The maximum Gasteiger partial charge on any atom is 0.0794 e. The van der Waals surface area contributed by atoms with E-state index in [1.54, 1.807) is 22.7 Å². The van der Waals surface area contributed by atoms with Gasteiger partial charge in [-0.25, -0.2) is 0 Å². The smallest absolute Gasteiger partial charge is 0.0794 e. The molecule has 0 aliphatic heterocycles. The molecular weight excluding hydrogens is 292 g/mol. The van der Waals surface area contributed by atoms with E-state index in [2.05, 4.69) is 37.7 Å². The standard InChI is InChI=1S/C10H11BrN2S2/c1-12-9(3-8-4-13-6-15-8)7-2-10(11)14-5-7/h2,4-6,9,12H,3H2,1H3. The second kappa shape index (κ2) is 5.21. The molecule has 2 rings (SSSR count). The van der Waals surface area contributed by atoms with Crippen molar-refractivity contribution in [1.29, 1.82) is 0 Å². The van der Waals surface area contributed by atoms with Crippen molar-refractivity contribution in [2.45, 2.75) is 12.5 Å². The first-order valence-electron chi connectivity index (χ1n) is 4.58. The van der Waals surface area contributed by atoms with E-state index in [4.69, 9.17) is 0 Å². The summed E-state index contributed by atoms with van der Waals surface area (Å²) >= 11 is 6.92. The van der Waals surface area contributed by atoms with Crippen LogP contribution in [0.5, 0.6) is 0 Å². The van der Waals surface area contributed by atoms with Crippen molar-refractivity contribution < 1.29 is 0 Å². The average molecular weight is 303 g/mol. The molecule has 0 aliphatic carbocycles. The van der Waals surface area contributed by atoms with Crippen LogP contribution in [-0.4, -0.2) is 12.0 Å². The highest BCUT2D eigenvalue weighted by Gasteiger charge is 2.12. The molecular formula is C10H11BrN2S2. The van der Waals surface area contributed by atoms with E-state index in [-0.39, 0.29) is 0 Å². The zero-order valence-corrected chi connectivity index (χ0v) is 11.5. The minimum atomic E-state index is 0.382. The number of aromatic nitrogens is 1. The fourth-order valence-corrected chi connectivity index (χ4v) is 3.31. The zero-order valence-electron chi connectivity index (χ0n) is 8.24. The van der Waals surface area contributed by atoms with Gasteiger partial charge < -0.3 is 5.32 Å². The molecule has 0 aromatic carbocycles. The summed E-state index contributed by atoms with van der Waals surface area (Å²) in [6, 6.07) is 2.56. The van der Waals surface area contributed by atoms with Crippen molar-refractivity contribution in [3.05, 3.63) is 37.4 Å². The molecule has 0 saturated heterocycles. The molecule has 2 aromatic heterocycles. The Labute approximate surface area is 106 Å². The Morgan fingerprint density at radius 2 is 2.40 bits per heavy atom. The fraction of sp³-hybridized carbons (Fsp3) is 0.300. The van der Waals surface area contributed by atoms with Crippen molar-refractivity contribution in [1.82, 2.24) is 10.3 Å². The van der Waals surface area contributed by atoms with Gasteiger partial charge in [0, 0.05) is 23.5 Å². The van der Waals surface area contributed by atoms with E-state index in [9.17, 15) is 0 Å². The lowest BCUT2D eigenvalue weighted by atomic mass is 10.1. The molecule has 5 heteroatoms. The second-order valence-corrected chi connectivity index (χ2v) is 6.46. The summed E-state index contributed by atoms with van der Waals surface area (Å²) in [6.45, 7) is 0. The maximum absolute atomic E-state index is 4.09. The lowest BCUT2D eigenvalue weighted by Crippen LogP contribution is -2.17. The van der Waals surface area contributed by atoms with Gasteiger partial charge in [0.2, 0.25) is 0 Å². The summed E-state index contributed by atoms with van der Waals surface area (Å²) in [7, 11) is 2.00. The van der Waals surface area contributed by atoms with Crippen LogP contribution in [-0.2, 0) is 6.42 Å². The fourth-order valence-electron chi connectivity index (χ4n) is 1.44. The third-order valence-electron chi connectivity index (χ3n) is 2.23. The molecule has 1 N–H and O–H groups in total. The number of likely N-dealkylation sites (N-methyl/N-ethyl adjacent to an activating group) is 1. The number of hydrogen-bond acceptors (Lipinski definition) is 4. The molecule has 0 amide bonds. The molecule has 0 fully saturated rings. The molecule has 2 aromatic rings. The number of rotatable bonds is 4. The van der Waals surface area contributed by atoms with Crippen LogP contribution in [0.25, 0.3) is 0 Å². The summed E-state index contributed by atoms with van der Waals surface area (Å²) < 4.78 is 1.18. The molecule has 80 valence electrons. The van der Waals surface area contributed by atoms with Crippen molar-refractivity contribution in [2.24, 2.45) is 0 Å². The summed E-state index contributed by atoms with van der Waals surface area (Å²) in [5, 5.41) is 5.52. The lowest BCUT2D eigenvalue weighted by molar-refractivity contribution is 0.598. The molecule has 1 unspecified atom stereocenters. The van der Waals surface area contributed by atoms with Gasteiger partial charge in [-0.1, -0.05) is 0 Å². The SMILES string of the molecule is CNC(Cc1cncs1)c1csc(Br)c1. The van der Waals surface area contributed by atoms with Crippen LogP contribution in [0.3, 0.4) is 0 Å². The van der Waals surface area contributed by atoms with E-state index < -0.39 is 0 Å². The number of nitrogens with one attached hydrogen (secondary N) is 1. The Balaban J connectivity index is 2.11. The quantitative estimate of drug-likeness (QED) is 0.935. The summed E-state index contributed by atoms with van der Waals surface area (Å²) in [6.07, 6.45) is 2.95. The third-order valence-corrected chi connectivity index (χ3v) is 4.55. The van der Waals surface area contributed by atoms with E-state index >= 15 is 0 Å². The molecule has 0 radical (unpaired) electrons. The summed E-state index contributed by atoms with van der Waals surface area (Å²) in [4.78, 5) is 5.41. The summed E-state index contributed by atoms with van der Waals surface area (Å²) in [5.74, 6) is 0. The van der Waals surface area contributed by atoms with E-state index in [1.165, 1.54) is 14.2 Å². The van der Waals surface area contributed by atoms with E-state index in [1.807, 2.05) is 18.8 Å². The highest BCUT2D eigenvalue weighted by atomic mass is 79.9. The molecule has 15 heavy (non-hydrogen) atoms. The normalized spacial score (nSPS) is 12.9. The van der Waals surface area contributed by atoms with Crippen LogP contribution in [0.4, 0.5) is 0 Å². The highest BCUT2D eigenvalue weighted by Crippen LogP contribution is 2.27. The van der Waals surface area contributed by atoms with Gasteiger partial charge in [0.05, 0.1) is 9.30 Å². The van der Waals surface area contributed by atoms with Crippen molar-refractivity contribution >= 4 is 38.6 Å². The number of thiazole rings is 1. The predicted molar refractivity (Wildman–Crippen MR) is 69.6 cm³/mol. The van der Waals surface area contributed by atoms with Gasteiger partial charge >= 0.3 is 0 Å². The molecule has 0 spiro atoms. The minimum Gasteiger partial charge on any atom is -0.313 e. The van der Waals surface area contributed by atoms with E-state index in [0.717, 1.165) is 6.42 Å². The van der Waals surface area contributed by atoms with E-state index in [0.29, 0.717) is 6.04 Å². The van der Waals surface area contributed by atoms with Crippen LogP contribution in [0.1, 0.15) is 16.5 Å². The average Bonchev–Trinajstić information content (AvgIpc) is 2.85. The molecule has 0 bridgehead atoms. The van der Waals surface area contributed by atoms with Crippen molar-refractivity contribution in [3.63, 3.8) is 0 Å². The minimum absolute atomic E-state index is 0.382. The molecule has 0 saturated carbocycles. The Morgan fingerprint density at radius 3 is 2.93 bits per heavy atom. The van der Waals surface area contributed by atoms with Crippen LogP contribution < -0.4 is 5.32 Å². The van der Waals surface area contributed by atoms with Gasteiger partial charge in [0.25, 0.3) is 0 Å². The topological polar surface area (TPSA) is 24.9 Å². The molecule has 1 atom stereocenters. The van der Waals surface area contributed by atoms with Gasteiger partial charge in [-0.15, -0.1) is 22.7 Å². The van der Waals surface area contributed by atoms with Gasteiger partial charge in [0.15, 0.2) is 0 Å². The molecule has 0 aliphatic rings. The number of halogens is 1. The van der Waals surface area contributed by atoms with Gasteiger partial charge in [-0.3, -0.25) is 4.98 Å². The van der Waals surface area contributed by atoms with Gasteiger partial charge in [-0.05, 0) is 40.0 Å². The summed E-state index contributed by atoms with van der Waals surface area (Å²) in [5.41, 5.74) is 3.22. The first-order valence-corrected chi connectivity index (χ1v) is 7.13. The van der Waals surface area contributed by atoms with Crippen LogP contribution in [0.2, 0.25) is 0 Å². The second-order valence-electron chi connectivity index (χ2n) is 3.20. The van der Waals surface area contributed by atoms with Crippen LogP contribution >= 0.6 is 38.6 Å². The molecule has 2 nitrogen and oxygen atoms in total. The Morgan fingerprint density at radius 1 is 1.53 bits per heavy atom. The van der Waals surface area contributed by atoms with Crippen LogP contribution in [0, 0.1) is 0 Å². The third kappa shape index (κ3) is 2.87. The Hall–Kier alpha value is -0.230. The number of thiophene rings is 1. The Bertz CT molecular complexity index is 411. The monoisotopic (exact) mass is 302 g/mol. The largest absolute Gasteiger partial charge is 0.313 e. The molecule has 2 heterocycles. The van der Waals surface area contributed by atoms with Gasteiger partial charge in [-0.2, -0.15) is 0 Å². The van der Waals surface area contributed by atoms with Gasteiger partial charge in [0.1, 0.15) is 0 Å².